The molecule has 3 rings (SSSR count). The number of amides is 1. The molecule has 1 aliphatic heterocycles. The topological polar surface area (TPSA) is 237 Å². The molecule has 0 aliphatic carbocycles. The van der Waals surface area contributed by atoms with Crippen LogP contribution in [0.3, 0.4) is 0 Å². The van der Waals surface area contributed by atoms with Gasteiger partial charge in [0.05, 0.1) is 19.8 Å². The summed E-state index contributed by atoms with van der Waals surface area (Å²) in [5.41, 5.74) is 3.84. The maximum absolute atomic E-state index is 13.4. The van der Waals surface area contributed by atoms with Crippen molar-refractivity contribution in [1.29, 1.82) is 0 Å². The molecule has 16 nitrogen and oxygen atoms in total. The molecule has 8 N–H and O–H groups in total. The Bertz CT molecular complexity index is 1440. The normalized spacial score (nSPS) is 22.5. The number of rotatable bonds is 14. The summed E-state index contributed by atoms with van der Waals surface area (Å²) in [5.74, 6) is -0.850. The number of nitrogens with two attached hydrogens (primary N) is 1. The average molecular weight is 652 g/mol. The van der Waals surface area contributed by atoms with E-state index in [1.807, 2.05) is 0 Å². The number of hydrogen-bond acceptors (Lipinski definition) is 13. The summed E-state index contributed by atoms with van der Waals surface area (Å²) in [6.07, 6.45) is -7.99. The van der Waals surface area contributed by atoms with Gasteiger partial charge in [0.15, 0.2) is 6.23 Å². The van der Waals surface area contributed by atoms with Crippen LogP contribution in [0.2, 0.25) is 0 Å². The van der Waals surface area contributed by atoms with E-state index in [1.165, 1.54) is 14.0 Å². The molecule has 2 aromatic rings. The first-order valence-electron chi connectivity index (χ1n) is 14.9. The molecule has 16 heteroatoms. The SMILES string of the molecule is COc1ccc(Cn2c(=O)ccn(C3OC(C(O)C(NCCCNC(=O)C(N)C(C)O)C(=O)OC(C)(C)C)C(O)C3O)c2=O)cc1. The van der Waals surface area contributed by atoms with Gasteiger partial charge in [-0.15, -0.1) is 0 Å². The van der Waals surface area contributed by atoms with Gasteiger partial charge in [-0.25, -0.2) is 4.79 Å². The lowest BCUT2D eigenvalue weighted by atomic mass is 9.99. The van der Waals surface area contributed by atoms with Crippen molar-refractivity contribution in [3.63, 3.8) is 0 Å². The van der Waals surface area contributed by atoms with E-state index in [-0.39, 0.29) is 26.1 Å². The van der Waals surface area contributed by atoms with Gasteiger partial charge in [-0.2, -0.15) is 0 Å². The Morgan fingerprint density at radius 1 is 1.07 bits per heavy atom. The Morgan fingerprint density at radius 3 is 2.30 bits per heavy atom. The molecule has 1 fully saturated rings. The van der Waals surface area contributed by atoms with Crippen LogP contribution in [-0.2, 0) is 25.6 Å². The first-order chi connectivity index (χ1) is 21.5. The van der Waals surface area contributed by atoms with E-state index in [1.54, 1.807) is 45.0 Å². The van der Waals surface area contributed by atoms with Crippen LogP contribution in [0.4, 0.5) is 0 Å². The van der Waals surface area contributed by atoms with Crippen LogP contribution in [0.5, 0.6) is 5.75 Å². The first kappa shape index (κ1) is 36.8. The Morgan fingerprint density at radius 2 is 1.72 bits per heavy atom. The maximum atomic E-state index is 13.4. The number of carbonyl (C=O) groups excluding carboxylic acids is 2. The van der Waals surface area contributed by atoms with E-state index in [0.29, 0.717) is 11.3 Å². The molecule has 256 valence electrons. The van der Waals surface area contributed by atoms with E-state index in [2.05, 4.69) is 10.6 Å². The van der Waals surface area contributed by atoms with Crippen molar-refractivity contribution in [2.75, 3.05) is 20.2 Å². The fraction of sp³-hybridized carbons (Fsp3) is 0.600. The van der Waals surface area contributed by atoms with E-state index in [0.717, 1.165) is 21.4 Å². The van der Waals surface area contributed by atoms with Crippen molar-refractivity contribution in [3.05, 3.63) is 62.9 Å². The number of ether oxygens (including phenoxy) is 3. The highest BCUT2D eigenvalue weighted by Gasteiger charge is 2.50. The summed E-state index contributed by atoms with van der Waals surface area (Å²) >= 11 is 0. The third kappa shape index (κ3) is 9.22. The number of aliphatic hydroxyl groups is 4. The minimum Gasteiger partial charge on any atom is -0.497 e. The second-order valence-electron chi connectivity index (χ2n) is 12.1. The second kappa shape index (κ2) is 15.8. The van der Waals surface area contributed by atoms with Crippen molar-refractivity contribution in [1.82, 2.24) is 19.8 Å². The number of methoxy groups -OCH3 is 1. The number of hydrogen-bond donors (Lipinski definition) is 7. The van der Waals surface area contributed by atoms with Crippen molar-refractivity contribution >= 4 is 11.9 Å². The zero-order valence-electron chi connectivity index (χ0n) is 26.5. The molecule has 0 saturated carbocycles. The van der Waals surface area contributed by atoms with Crippen LogP contribution in [-0.4, -0.2) is 110 Å². The summed E-state index contributed by atoms with van der Waals surface area (Å²) in [7, 11) is 1.51. The first-order valence-corrected chi connectivity index (χ1v) is 14.9. The number of esters is 1. The fourth-order valence-electron chi connectivity index (χ4n) is 4.77. The van der Waals surface area contributed by atoms with E-state index >= 15 is 0 Å². The zero-order valence-corrected chi connectivity index (χ0v) is 26.5. The van der Waals surface area contributed by atoms with Crippen molar-refractivity contribution < 1.29 is 44.2 Å². The summed E-state index contributed by atoms with van der Waals surface area (Å²) in [6.45, 7) is 6.37. The lowest BCUT2D eigenvalue weighted by Gasteiger charge is -2.31. The van der Waals surface area contributed by atoms with Gasteiger partial charge in [0.1, 0.15) is 47.9 Å². The molecule has 0 bridgehead atoms. The van der Waals surface area contributed by atoms with Crippen LogP contribution in [0, 0.1) is 0 Å². The fourth-order valence-corrected chi connectivity index (χ4v) is 4.77. The van der Waals surface area contributed by atoms with Gasteiger partial charge < -0.3 is 51.0 Å². The number of benzene rings is 1. The number of nitrogens with zero attached hydrogens (tertiary/aromatic N) is 2. The highest BCUT2D eigenvalue weighted by molar-refractivity contribution is 5.82. The highest BCUT2D eigenvalue weighted by Crippen LogP contribution is 2.31. The van der Waals surface area contributed by atoms with Crippen molar-refractivity contribution in [2.45, 2.75) is 95.1 Å². The third-order valence-electron chi connectivity index (χ3n) is 7.32. The zero-order chi connectivity index (χ0) is 34.3. The minimum atomic E-state index is -1.77. The number of aromatic nitrogens is 2. The summed E-state index contributed by atoms with van der Waals surface area (Å²) < 4.78 is 18.2. The smallest absolute Gasteiger partial charge is 0.333 e. The van der Waals surface area contributed by atoms with Gasteiger partial charge in [0.2, 0.25) is 5.91 Å². The van der Waals surface area contributed by atoms with Crippen LogP contribution in [0.25, 0.3) is 0 Å². The summed E-state index contributed by atoms with van der Waals surface area (Å²) in [6, 6.07) is 5.25. The van der Waals surface area contributed by atoms with Crippen molar-refractivity contribution in [2.24, 2.45) is 5.73 Å². The van der Waals surface area contributed by atoms with Gasteiger partial charge in [0, 0.05) is 18.8 Å². The van der Waals surface area contributed by atoms with Crippen molar-refractivity contribution in [3.8, 4) is 5.75 Å². The Hall–Kier alpha value is -3.64. The number of aliphatic hydroxyl groups excluding tert-OH is 4. The lowest BCUT2D eigenvalue weighted by molar-refractivity contribution is -0.166. The molecule has 2 heterocycles. The summed E-state index contributed by atoms with van der Waals surface area (Å²) in [4.78, 5) is 51.1. The van der Waals surface area contributed by atoms with Gasteiger partial charge >= 0.3 is 11.7 Å². The van der Waals surface area contributed by atoms with Crippen LogP contribution < -0.4 is 32.4 Å². The molecule has 8 unspecified atom stereocenters. The van der Waals surface area contributed by atoms with E-state index in [4.69, 9.17) is 19.9 Å². The minimum absolute atomic E-state index is 0.0791. The Kier molecular flexibility index (Phi) is 12.6. The standard InChI is InChI=1S/C30H45N5O11/c1-16(36)20(31)26(41)33-13-6-12-32-21(28(42)46-30(2,3)4)22(38)25-23(39)24(40)27(45-25)34-14-11-19(37)35(29(34)43)15-17-7-9-18(44-5)10-8-17/h7-11,14,16,20-25,27,32,36,38-40H,6,12-13,15,31H2,1-5H3,(H,33,41). The monoisotopic (exact) mass is 651 g/mol. The van der Waals surface area contributed by atoms with E-state index in [9.17, 15) is 39.6 Å². The lowest BCUT2D eigenvalue weighted by Crippen LogP contribution is -2.56. The van der Waals surface area contributed by atoms with Gasteiger partial charge in [-0.3, -0.25) is 23.5 Å². The predicted molar refractivity (Wildman–Crippen MR) is 164 cm³/mol. The highest BCUT2D eigenvalue weighted by atomic mass is 16.6. The molecular formula is C30H45N5O11. The van der Waals surface area contributed by atoms with Crippen LogP contribution in [0.15, 0.2) is 46.1 Å². The second-order valence-corrected chi connectivity index (χ2v) is 12.1. The Balaban J connectivity index is 1.78. The molecule has 1 aromatic heterocycles. The molecule has 1 saturated heterocycles. The van der Waals surface area contributed by atoms with Crippen LogP contribution >= 0.6 is 0 Å². The molecule has 1 aliphatic rings. The molecule has 0 radical (unpaired) electrons. The molecule has 1 amide bonds. The average Bonchev–Trinajstić information content (AvgIpc) is 3.28. The molecular weight excluding hydrogens is 606 g/mol. The summed E-state index contributed by atoms with van der Waals surface area (Å²) in [5, 5.41) is 48.0. The third-order valence-corrected chi connectivity index (χ3v) is 7.32. The molecule has 8 atom stereocenters. The van der Waals surface area contributed by atoms with Gasteiger partial charge in [0.25, 0.3) is 5.56 Å². The Labute approximate surface area is 265 Å². The number of carbonyl (C=O) groups is 2. The van der Waals surface area contributed by atoms with Gasteiger partial charge in [-0.05, 0) is 58.4 Å². The van der Waals surface area contributed by atoms with E-state index < -0.39 is 77.6 Å². The van der Waals surface area contributed by atoms with Gasteiger partial charge in [-0.1, -0.05) is 12.1 Å². The van der Waals surface area contributed by atoms with Crippen LogP contribution in [0.1, 0.15) is 45.9 Å². The maximum Gasteiger partial charge on any atom is 0.333 e. The largest absolute Gasteiger partial charge is 0.497 e. The predicted octanol–water partition coefficient (Wildman–Crippen LogP) is -2.44. The molecule has 0 spiro atoms. The molecule has 46 heavy (non-hydrogen) atoms. The number of nitrogens with one attached hydrogen (secondary N) is 2. The quantitative estimate of drug-likeness (QED) is 0.0832. The molecule has 1 aromatic carbocycles.